The van der Waals surface area contributed by atoms with E-state index in [1.807, 2.05) is 26.0 Å². The molecular weight excluding hydrogens is 332 g/mol. The van der Waals surface area contributed by atoms with Crippen LogP contribution in [0.15, 0.2) is 35.1 Å². The van der Waals surface area contributed by atoms with E-state index in [4.69, 9.17) is 14.9 Å². The molecule has 0 aromatic carbocycles. The van der Waals surface area contributed by atoms with Gasteiger partial charge in [0.2, 0.25) is 0 Å². The smallest absolute Gasteiger partial charge is 0.256 e. The summed E-state index contributed by atoms with van der Waals surface area (Å²) in [6.07, 6.45) is 3.11. The minimum absolute atomic E-state index is 0.0455. The Morgan fingerprint density at radius 3 is 2.65 bits per heavy atom. The lowest BCUT2D eigenvalue weighted by molar-refractivity contribution is 0.0796. The van der Waals surface area contributed by atoms with Gasteiger partial charge >= 0.3 is 0 Å². The second kappa shape index (κ2) is 7.08. The van der Waals surface area contributed by atoms with Crippen molar-refractivity contribution < 1.29 is 9.21 Å². The Morgan fingerprint density at radius 1 is 1.35 bits per heavy atom. The average Bonchev–Trinajstić information content (AvgIpc) is 3.29. The molecule has 3 aromatic rings. The number of hydrogen-bond acceptors (Lipinski definition) is 6. The van der Waals surface area contributed by atoms with Gasteiger partial charge in [-0.2, -0.15) is 15.6 Å². The quantitative estimate of drug-likeness (QED) is 0.655. The Kier molecular flexibility index (Phi) is 4.68. The molecular formula is C18H16N6O2. The highest BCUT2D eigenvalue weighted by Crippen LogP contribution is 2.27. The number of furan rings is 1. The maximum Gasteiger partial charge on any atom is 0.256 e. The minimum Gasteiger partial charge on any atom is -0.463 e. The molecule has 0 bridgehead atoms. The molecule has 0 spiro atoms. The molecule has 26 heavy (non-hydrogen) atoms. The third kappa shape index (κ3) is 3.01. The van der Waals surface area contributed by atoms with Crippen molar-refractivity contribution >= 4 is 16.9 Å². The average molecular weight is 348 g/mol. The summed E-state index contributed by atoms with van der Waals surface area (Å²) in [6.45, 7) is 3.58. The van der Waals surface area contributed by atoms with Gasteiger partial charge in [-0.3, -0.25) is 4.79 Å². The highest BCUT2D eigenvalue weighted by atomic mass is 16.3. The third-order valence-electron chi connectivity index (χ3n) is 3.87. The van der Waals surface area contributed by atoms with E-state index in [0.29, 0.717) is 28.1 Å². The van der Waals surface area contributed by atoms with E-state index >= 15 is 0 Å². The predicted molar refractivity (Wildman–Crippen MR) is 92.7 cm³/mol. The first-order chi connectivity index (χ1) is 12.6. The number of carbonyl (C=O) groups excluding carboxylic acids is 1. The molecule has 0 radical (unpaired) electrons. The van der Waals surface area contributed by atoms with Crippen LogP contribution in [0.1, 0.15) is 30.2 Å². The first kappa shape index (κ1) is 17.2. The first-order valence-corrected chi connectivity index (χ1v) is 8.02. The van der Waals surface area contributed by atoms with Crippen molar-refractivity contribution in [3.05, 3.63) is 36.2 Å². The molecule has 1 amide bonds. The van der Waals surface area contributed by atoms with E-state index in [1.165, 1.54) is 11.2 Å². The zero-order valence-electron chi connectivity index (χ0n) is 14.4. The summed E-state index contributed by atoms with van der Waals surface area (Å²) in [4.78, 5) is 18.8. The molecule has 0 atom stereocenters. The van der Waals surface area contributed by atoms with E-state index < -0.39 is 5.91 Å². The maximum absolute atomic E-state index is 13.0. The van der Waals surface area contributed by atoms with E-state index in [9.17, 15) is 4.79 Å². The van der Waals surface area contributed by atoms with Crippen LogP contribution in [-0.2, 0) is 0 Å². The monoisotopic (exact) mass is 348 g/mol. The first-order valence-electron chi connectivity index (χ1n) is 8.02. The van der Waals surface area contributed by atoms with Gasteiger partial charge in [0.15, 0.2) is 11.4 Å². The fourth-order valence-electron chi connectivity index (χ4n) is 2.66. The lowest BCUT2D eigenvalue weighted by Crippen LogP contribution is -2.32. The van der Waals surface area contributed by atoms with Crippen LogP contribution in [0.3, 0.4) is 0 Å². The predicted octanol–water partition coefficient (Wildman–Crippen LogP) is 2.76. The van der Waals surface area contributed by atoms with Crippen molar-refractivity contribution in [2.75, 3.05) is 13.1 Å². The zero-order chi connectivity index (χ0) is 18.7. The van der Waals surface area contributed by atoms with Crippen molar-refractivity contribution in [3.8, 4) is 23.6 Å². The molecule has 0 unspecified atom stereocenters. The standard InChI is InChI=1S/C18H16N6O2/c1-12(2)24-17-14(11-21-24)13(18(25)23(7-5-19)8-6-20)10-15(22-17)16-4-3-9-26-16/h3-4,9-12H,7-8H2,1-2H3. The molecule has 0 saturated carbocycles. The molecule has 0 N–H and O–H groups in total. The van der Waals surface area contributed by atoms with Crippen molar-refractivity contribution in [2.45, 2.75) is 19.9 Å². The van der Waals surface area contributed by atoms with Crippen LogP contribution in [0.4, 0.5) is 0 Å². The van der Waals surface area contributed by atoms with E-state index in [2.05, 4.69) is 10.1 Å². The molecule has 0 aliphatic rings. The summed E-state index contributed by atoms with van der Waals surface area (Å²) in [6, 6.07) is 8.97. The molecule has 3 rings (SSSR count). The second-order valence-corrected chi connectivity index (χ2v) is 5.93. The third-order valence-corrected chi connectivity index (χ3v) is 3.87. The van der Waals surface area contributed by atoms with Gasteiger partial charge in [-0.25, -0.2) is 9.67 Å². The normalized spacial score (nSPS) is 10.7. The van der Waals surface area contributed by atoms with Gasteiger partial charge in [0.05, 0.1) is 35.5 Å². The summed E-state index contributed by atoms with van der Waals surface area (Å²) < 4.78 is 7.13. The Hall–Kier alpha value is -3.65. The summed E-state index contributed by atoms with van der Waals surface area (Å²) in [5.74, 6) is 0.0983. The molecule has 3 heterocycles. The largest absolute Gasteiger partial charge is 0.463 e. The molecule has 0 fully saturated rings. The Labute approximate surface area is 149 Å². The number of aromatic nitrogens is 3. The SMILES string of the molecule is CC(C)n1ncc2c(C(=O)N(CC#N)CC#N)cc(-c3ccco3)nc21. The fourth-order valence-corrected chi connectivity index (χ4v) is 2.66. The van der Waals surface area contributed by atoms with Crippen LogP contribution in [0, 0.1) is 22.7 Å². The van der Waals surface area contributed by atoms with Crippen molar-refractivity contribution in [3.63, 3.8) is 0 Å². The maximum atomic E-state index is 13.0. The molecule has 130 valence electrons. The molecule has 0 aliphatic carbocycles. The summed E-state index contributed by atoms with van der Waals surface area (Å²) in [7, 11) is 0. The van der Waals surface area contributed by atoms with Crippen molar-refractivity contribution in [1.82, 2.24) is 19.7 Å². The molecule has 0 aliphatic heterocycles. The molecule has 8 nitrogen and oxygen atoms in total. The molecule has 0 saturated heterocycles. The van der Waals surface area contributed by atoms with Gasteiger partial charge in [0.1, 0.15) is 18.8 Å². The second-order valence-electron chi connectivity index (χ2n) is 5.93. The van der Waals surface area contributed by atoms with Crippen LogP contribution in [0.2, 0.25) is 0 Å². The fraction of sp³-hybridized carbons (Fsp3) is 0.278. The van der Waals surface area contributed by atoms with Crippen molar-refractivity contribution in [2.24, 2.45) is 0 Å². The topological polar surface area (TPSA) is 112 Å². The minimum atomic E-state index is -0.420. The zero-order valence-corrected chi connectivity index (χ0v) is 14.4. The Bertz CT molecular complexity index is 1000. The van der Waals surface area contributed by atoms with Crippen LogP contribution < -0.4 is 0 Å². The van der Waals surface area contributed by atoms with Crippen LogP contribution >= 0.6 is 0 Å². The Morgan fingerprint density at radius 2 is 2.08 bits per heavy atom. The lowest BCUT2D eigenvalue weighted by Gasteiger charge is -2.17. The van der Waals surface area contributed by atoms with E-state index in [-0.39, 0.29) is 19.1 Å². The van der Waals surface area contributed by atoms with E-state index in [1.54, 1.807) is 29.1 Å². The van der Waals surface area contributed by atoms with Gasteiger partial charge in [0, 0.05) is 6.04 Å². The highest BCUT2D eigenvalue weighted by Gasteiger charge is 2.23. The number of pyridine rings is 1. The number of nitrogens with zero attached hydrogens (tertiary/aromatic N) is 6. The summed E-state index contributed by atoms with van der Waals surface area (Å²) in [5, 5.41) is 22.8. The van der Waals surface area contributed by atoms with Gasteiger partial charge < -0.3 is 9.32 Å². The van der Waals surface area contributed by atoms with E-state index in [0.717, 1.165) is 0 Å². The lowest BCUT2D eigenvalue weighted by atomic mass is 10.1. The van der Waals surface area contributed by atoms with Gasteiger partial charge in [0.25, 0.3) is 5.91 Å². The van der Waals surface area contributed by atoms with Crippen molar-refractivity contribution in [1.29, 1.82) is 10.5 Å². The van der Waals surface area contributed by atoms with Crippen LogP contribution in [0.5, 0.6) is 0 Å². The number of hydrogen-bond donors (Lipinski definition) is 0. The highest BCUT2D eigenvalue weighted by molar-refractivity contribution is 6.06. The number of rotatable bonds is 5. The number of nitriles is 2. The Balaban J connectivity index is 2.22. The summed E-state index contributed by atoms with van der Waals surface area (Å²) in [5.41, 5.74) is 1.37. The van der Waals surface area contributed by atoms with Gasteiger partial charge in [-0.1, -0.05) is 0 Å². The summed E-state index contributed by atoms with van der Waals surface area (Å²) >= 11 is 0. The van der Waals surface area contributed by atoms with Crippen LogP contribution in [-0.4, -0.2) is 38.7 Å². The number of carbonyl (C=O) groups is 1. The molecule has 8 heteroatoms. The van der Waals surface area contributed by atoms with Gasteiger partial charge in [-0.15, -0.1) is 0 Å². The van der Waals surface area contributed by atoms with Gasteiger partial charge in [-0.05, 0) is 32.0 Å². The van der Waals surface area contributed by atoms with Crippen LogP contribution in [0.25, 0.3) is 22.5 Å². The molecule has 3 aromatic heterocycles. The number of fused-ring (bicyclic) bond motifs is 1. The number of amides is 1.